The SMILES string of the molecule is Cc1c(C#N)[nH]c2ccccc12. The highest BCUT2D eigenvalue weighted by Crippen LogP contribution is 2.19. The van der Waals surface area contributed by atoms with Crippen molar-refractivity contribution in [3.8, 4) is 6.07 Å². The maximum Gasteiger partial charge on any atom is 0.121 e. The zero-order chi connectivity index (χ0) is 8.55. The third kappa shape index (κ3) is 0.802. The number of nitrogens with one attached hydrogen (secondary N) is 1. The summed E-state index contributed by atoms with van der Waals surface area (Å²) < 4.78 is 0. The minimum atomic E-state index is 0.663. The molecule has 2 nitrogen and oxygen atoms in total. The number of rotatable bonds is 0. The molecule has 2 heteroatoms. The lowest BCUT2D eigenvalue weighted by atomic mass is 10.2. The summed E-state index contributed by atoms with van der Waals surface area (Å²) in [7, 11) is 0. The molecular formula is C10H8N2. The largest absolute Gasteiger partial charge is 0.346 e. The van der Waals surface area contributed by atoms with E-state index in [1.165, 1.54) is 0 Å². The zero-order valence-electron chi connectivity index (χ0n) is 6.76. The summed E-state index contributed by atoms with van der Waals surface area (Å²) in [6.07, 6.45) is 0. The van der Waals surface area contributed by atoms with Gasteiger partial charge in [0.1, 0.15) is 11.8 Å². The Hall–Kier alpha value is -1.75. The molecule has 12 heavy (non-hydrogen) atoms. The molecule has 0 saturated carbocycles. The first-order chi connectivity index (χ1) is 5.83. The lowest BCUT2D eigenvalue weighted by Gasteiger charge is -1.87. The molecule has 1 aromatic heterocycles. The summed E-state index contributed by atoms with van der Waals surface area (Å²) in [5.74, 6) is 0. The Morgan fingerprint density at radius 3 is 2.75 bits per heavy atom. The molecule has 1 heterocycles. The van der Waals surface area contributed by atoms with E-state index in [9.17, 15) is 0 Å². The van der Waals surface area contributed by atoms with E-state index in [1.54, 1.807) is 0 Å². The van der Waals surface area contributed by atoms with E-state index in [-0.39, 0.29) is 0 Å². The molecule has 2 rings (SSSR count). The Labute approximate surface area is 70.4 Å². The minimum absolute atomic E-state index is 0.663. The van der Waals surface area contributed by atoms with E-state index >= 15 is 0 Å². The van der Waals surface area contributed by atoms with Crippen molar-refractivity contribution in [2.75, 3.05) is 0 Å². The number of nitriles is 1. The molecule has 0 atom stereocenters. The van der Waals surface area contributed by atoms with Crippen LogP contribution in [-0.2, 0) is 0 Å². The number of aromatic amines is 1. The molecule has 0 aliphatic rings. The fraction of sp³-hybridized carbons (Fsp3) is 0.100. The van der Waals surface area contributed by atoms with Crippen molar-refractivity contribution in [1.82, 2.24) is 4.98 Å². The summed E-state index contributed by atoms with van der Waals surface area (Å²) in [4.78, 5) is 3.05. The second-order valence-electron chi connectivity index (χ2n) is 2.78. The Bertz CT molecular complexity index is 460. The van der Waals surface area contributed by atoms with Gasteiger partial charge in [-0.15, -0.1) is 0 Å². The topological polar surface area (TPSA) is 39.6 Å². The summed E-state index contributed by atoms with van der Waals surface area (Å²) in [5.41, 5.74) is 2.73. The number of para-hydroxylation sites is 1. The average Bonchev–Trinajstić information content (AvgIpc) is 2.44. The minimum Gasteiger partial charge on any atom is -0.346 e. The zero-order valence-corrected chi connectivity index (χ0v) is 6.76. The lowest BCUT2D eigenvalue weighted by molar-refractivity contribution is 1.33. The van der Waals surface area contributed by atoms with Crippen LogP contribution in [0, 0.1) is 18.3 Å². The van der Waals surface area contributed by atoms with Gasteiger partial charge in [0.05, 0.1) is 0 Å². The molecule has 0 aliphatic carbocycles. The van der Waals surface area contributed by atoms with Crippen molar-refractivity contribution in [2.45, 2.75) is 6.92 Å². The van der Waals surface area contributed by atoms with Crippen LogP contribution in [-0.4, -0.2) is 4.98 Å². The smallest absolute Gasteiger partial charge is 0.121 e. The predicted molar refractivity (Wildman–Crippen MR) is 47.8 cm³/mol. The van der Waals surface area contributed by atoms with Gasteiger partial charge >= 0.3 is 0 Å². The second kappa shape index (κ2) is 2.38. The first kappa shape index (κ1) is 6.93. The molecule has 0 fully saturated rings. The van der Waals surface area contributed by atoms with Gasteiger partial charge in [-0.25, -0.2) is 0 Å². The van der Waals surface area contributed by atoms with Crippen LogP contribution >= 0.6 is 0 Å². The highest BCUT2D eigenvalue weighted by molar-refractivity contribution is 5.85. The van der Waals surface area contributed by atoms with Gasteiger partial charge in [-0.05, 0) is 18.6 Å². The van der Waals surface area contributed by atoms with Crippen LogP contribution in [0.3, 0.4) is 0 Å². The molecule has 0 spiro atoms. The van der Waals surface area contributed by atoms with Gasteiger partial charge in [0.2, 0.25) is 0 Å². The van der Waals surface area contributed by atoms with Crippen LogP contribution in [0.2, 0.25) is 0 Å². The second-order valence-corrected chi connectivity index (χ2v) is 2.78. The van der Waals surface area contributed by atoms with Crippen molar-refractivity contribution in [3.05, 3.63) is 35.5 Å². The number of aromatic nitrogens is 1. The predicted octanol–water partition coefficient (Wildman–Crippen LogP) is 2.35. The molecular weight excluding hydrogens is 148 g/mol. The number of aryl methyl sites for hydroxylation is 1. The number of fused-ring (bicyclic) bond motifs is 1. The maximum atomic E-state index is 8.74. The monoisotopic (exact) mass is 156 g/mol. The molecule has 0 saturated heterocycles. The fourth-order valence-corrected chi connectivity index (χ4v) is 1.39. The molecule has 1 aromatic carbocycles. The third-order valence-electron chi connectivity index (χ3n) is 2.08. The van der Waals surface area contributed by atoms with Crippen LogP contribution in [0.25, 0.3) is 10.9 Å². The summed E-state index contributed by atoms with van der Waals surface area (Å²) >= 11 is 0. The Morgan fingerprint density at radius 1 is 1.33 bits per heavy atom. The normalized spacial score (nSPS) is 10.0. The molecule has 0 amide bonds. The number of H-pyrrole nitrogens is 1. The van der Waals surface area contributed by atoms with E-state index in [4.69, 9.17) is 5.26 Å². The average molecular weight is 156 g/mol. The lowest BCUT2D eigenvalue weighted by Crippen LogP contribution is -1.73. The molecule has 0 unspecified atom stereocenters. The molecule has 0 bridgehead atoms. The van der Waals surface area contributed by atoms with Crippen molar-refractivity contribution in [2.24, 2.45) is 0 Å². The number of hydrogen-bond donors (Lipinski definition) is 1. The first-order valence-electron chi connectivity index (χ1n) is 3.80. The summed E-state index contributed by atoms with van der Waals surface area (Å²) in [5, 5.41) is 9.87. The first-order valence-corrected chi connectivity index (χ1v) is 3.80. The van der Waals surface area contributed by atoms with Gasteiger partial charge < -0.3 is 4.98 Å². The Balaban J connectivity index is 2.90. The van der Waals surface area contributed by atoms with Crippen LogP contribution in [0.4, 0.5) is 0 Å². The molecule has 1 N–H and O–H groups in total. The van der Waals surface area contributed by atoms with Crippen LogP contribution < -0.4 is 0 Å². The number of hydrogen-bond acceptors (Lipinski definition) is 1. The quantitative estimate of drug-likeness (QED) is 0.624. The highest BCUT2D eigenvalue weighted by atomic mass is 14.7. The Morgan fingerprint density at radius 2 is 2.08 bits per heavy atom. The van der Waals surface area contributed by atoms with E-state index in [0.29, 0.717) is 5.69 Å². The van der Waals surface area contributed by atoms with Gasteiger partial charge in [-0.1, -0.05) is 18.2 Å². The Kier molecular flexibility index (Phi) is 1.38. The van der Waals surface area contributed by atoms with E-state index in [1.807, 2.05) is 31.2 Å². The molecule has 2 aromatic rings. The summed E-state index contributed by atoms with van der Waals surface area (Å²) in [6.45, 7) is 1.96. The molecule has 58 valence electrons. The fourth-order valence-electron chi connectivity index (χ4n) is 1.39. The van der Waals surface area contributed by atoms with Crippen molar-refractivity contribution < 1.29 is 0 Å². The van der Waals surface area contributed by atoms with Crippen molar-refractivity contribution in [1.29, 1.82) is 5.26 Å². The highest BCUT2D eigenvalue weighted by Gasteiger charge is 2.04. The third-order valence-corrected chi connectivity index (χ3v) is 2.08. The maximum absolute atomic E-state index is 8.74. The standard InChI is InChI=1S/C10H8N2/c1-7-8-4-2-3-5-9(8)12-10(7)6-11/h2-5,12H,1H3. The number of benzene rings is 1. The van der Waals surface area contributed by atoms with Crippen LogP contribution in [0.1, 0.15) is 11.3 Å². The molecule has 0 radical (unpaired) electrons. The van der Waals surface area contributed by atoms with E-state index < -0.39 is 0 Å². The van der Waals surface area contributed by atoms with Crippen molar-refractivity contribution >= 4 is 10.9 Å². The van der Waals surface area contributed by atoms with Gasteiger partial charge in [0.15, 0.2) is 0 Å². The van der Waals surface area contributed by atoms with Gasteiger partial charge in [-0.2, -0.15) is 5.26 Å². The van der Waals surface area contributed by atoms with Gasteiger partial charge in [0.25, 0.3) is 0 Å². The van der Waals surface area contributed by atoms with Crippen LogP contribution in [0.5, 0.6) is 0 Å². The van der Waals surface area contributed by atoms with Crippen LogP contribution in [0.15, 0.2) is 24.3 Å². The summed E-state index contributed by atoms with van der Waals surface area (Å²) in [6, 6.07) is 10.1. The van der Waals surface area contributed by atoms with Gasteiger partial charge in [-0.3, -0.25) is 0 Å². The van der Waals surface area contributed by atoms with E-state index in [0.717, 1.165) is 16.5 Å². The van der Waals surface area contributed by atoms with Crippen molar-refractivity contribution in [3.63, 3.8) is 0 Å². The van der Waals surface area contributed by atoms with E-state index in [2.05, 4.69) is 11.1 Å². The van der Waals surface area contributed by atoms with Gasteiger partial charge in [0, 0.05) is 10.9 Å². The number of nitrogens with zero attached hydrogens (tertiary/aromatic N) is 1. The molecule has 0 aliphatic heterocycles.